The first kappa shape index (κ1) is 16.4. The van der Waals surface area contributed by atoms with E-state index >= 15 is 0 Å². The van der Waals surface area contributed by atoms with E-state index in [4.69, 9.17) is 11.6 Å². The van der Waals surface area contributed by atoms with Crippen LogP contribution in [-0.2, 0) is 17.1 Å². The van der Waals surface area contributed by atoms with E-state index in [1.807, 2.05) is 10.3 Å². The Morgan fingerprint density at radius 1 is 1.32 bits per heavy atom. The highest BCUT2D eigenvalue weighted by Gasteiger charge is 2.15. The average molecular weight is 303 g/mol. The third-order valence-corrected chi connectivity index (χ3v) is 4.13. The summed E-state index contributed by atoms with van der Waals surface area (Å²) in [7, 11) is 0. The largest absolute Gasteiger partial charge is 0.342 e. The normalized spacial score (nSPS) is 10.7. The van der Waals surface area contributed by atoms with Crippen molar-refractivity contribution < 1.29 is 4.79 Å². The monoisotopic (exact) mass is 302 g/mol. The maximum absolute atomic E-state index is 12.3. The Labute approximate surface area is 125 Å². The molecule has 0 bridgehead atoms. The van der Waals surface area contributed by atoms with Gasteiger partial charge in [0, 0.05) is 18.5 Å². The maximum Gasteiger partial charge on any atom is 0.229 e. The SMILES string of the molecule is CCCCN(CCCC)C(=O)Cc1nc(CCl)cs1. The van der Waals surface area contributed by atoms with E-state index in [9.17, 15) is 4.79 Å². The minimum atomic E-state index is 0.192. The van der Waals surface area contributed by atoms with Gasteiger partial charge in [0.2, 0.25) is 5.91 Å². The van der Waals surface area contributed by atoms with Crippen LogP contribution in [0.4, 0.5) is 0 Å². The number of aromatic nitrogens is 1. The Balaban J connectivity index is 2.54. The Morgan fingerprint density at radius 2 is 1.95 bits per heavy atom. The smallest absolute Gasteiger partial charge is 0.229 e. The molecule has 1 aromatic rings. The third kappa shape index (κ3) is 5.91. The first-order chi connectivity index (χ1) is 9.21. The van der Waals surface area contributed by atoms with E-state index in [1.54, 1.807) is 0 Å². The van der Waals surface area contributed by atoms with E-state index in [2.05, 4.69) is 18.8 Å². The Kier molecular flexibility index (Phi) is 8.07. The molecule has 0 aliphatic heterocycles. The van der Waals surface area contributed by atoms with Gasteiger partial charge in [0.15, 0.2) is 0 Å². The number of unbranched alkanes of at least 4 members (excludes halogenated alkanes) is 2. The van der Waals surface area contributed by atoms with Crippen molar-refractivity contribution in [3.63, 3.8) is 0 Å². The summed E-state index contributed by atoms with van der Waals surface area (Å²) in [5.74, 6) is 0.609. The number of thiazole rings is 1. The van der Waals surface area contributed by atoms with Gasteiger partial charge in [-0.3, -0.25) is 4.79 Å². The van der Waals surface area contributed by atoms with E-state index in [0.29, 0.717) is 12.3 Å². The van der Waals surface area contributed by atoms with Crippen LogP contribution in [0, 0.1) is 0 Å². The summed E-state index contributed by atoms with van der Waals surface area (Å²) >= 11 is 7.25. The molecular weight excluding hydrogens is 280 g/mol. The Morgan fingerprint density at radius 3 is 2.42 bits per heavy atom. The van der Waals surface area contributed by atoms with Crippen molar-refractivity contribution in [2.45, 2.75) is 51.8 Å². The number of hydrogen-bond donors (Lipinski definition) is 0. The lowest BCUT2D eigenvalue weighted by molar-refractivity contribution is -0.130. The van der Waals surface area contributed by atoms with Gasteiger partial charge in [0.25, 0.3) is 0 Å². The summed E-state index contributed by atoms with van der Waals surface area (Å²) < 4.78 is 0. The second kappa shape index (κ2) is 9.32. The number of halogens is 1. The first-order valence-electron chi connectivity index (χ1n) is 6.98. The van der Waals surface area contributed by atoms with Crippen LogP contribution in [0.25, 0.3) is 0 Å². The van der Waals surface area contributed by atoms with E-state index < -0.39 is 0 Å². The summed E-state index contributed by atoms with van der Waals surface area (Å²) in [6, 6.07) is 0. The number of carbonyl (C=O) groups is 1. The molecule has 0 spiro atoms. The molecule has 1 aromatic heterocycles. The molecule has 5 heteroatoms. The minimum Gasteiger partial charge on any atom is -0.342 e. The van der Waals surface area contributed by atoms with Gasteiger partial charge in [-0.15, -0.1) is 22.9 Å². The predicted octanol–water partition coefficient (Wildman–Crippen LogP) is 3.85. The lowest BCUT2D eigenvalue weighted by Gasteiger charge is -2.22. The van der Waals surface area contributed by atoms with Gasteiger partial charge in [0.1, 0.15) is 5.01 Å². The number of alkyl halides is 1. The first-order valence-corrected chi connectivity index (χ1v) is 8.39. The van der Waals surface area contributed by atoms with Crippen LogP contribution in [0.3, 0.4) is 0 Å². The molecule has 3 nitrogen and oxygen atoms in total. The topological polar surface area (TPSA) is 33.2 Å². The van der Waals surface area contributed by atoms with Crippen LogP contribution >= 0.6 is 22.9 Å². The Hall–Kier alpha value is -0.610. The molecule has 0 saturated carbocycles. The molecule has 0 aromatic carbocycles. The van der Waals surface area contributed by atoms with Gasteiger partial charge >= 0.3 is 0 Å². The second-order valence-electron chi connectivity index (χ2n) is 4.63. The molecule has 1 rings (SSSR count). The highest BCUT2D eigenvalue weighted by Crippen LogP contribution is 2.13. The molecule has 19 heavy (non-hydrogen) atoms. The number of rotatable bonds is 9. The Bertz CT molecular complexity index is 373. The molecule has 108 valence electrons. The molecule has 1 heterocycles. The summed E-state index contributed by atoms with van der Waals surface area (Å²) in [4.78, 5) is 18.6. The lowest BCUT2D eigenvalue weighted by Crippen LogP contribution is -2.34. The van der Waals surface area contributed by atoms with Crippen LogP contribution < -0.4 is 0 Å². The minimum absolute atomic E-state index is 0.192. The predicted molar refractivity (Wildman–Crippen MR) is 81.8 cm³/mol. The third-order valence-electron chi connectivity index (χ3n) is 2.95. The average Bonchev–Trinajstić information content (AvgIpc) is 2.86. The van der Waals surface area contributed by atoms with E-state index in [-0.39, 0.29) is 5.91 Å². The molecule has 0 unspecified atom stereocenters. The maximum atomic E-state index is 12.3. The molecular formula is C14H23ClN2OS. The van der Waals surface area contributed by atoms with Gasteiger partial charge in [-0.25, -0.2) is 4.98 Å². The fourth-order valence-corrected chi connectivity index (χ4v) is 2.81. The van der Waals surface area contributed by atoms with Gasteiger partial charge < -0.3 is 4.90 Å². The molecule has 0 fully saturated rings. The summed E-state index contributed by atoms with van der Waals surface area (Å²) in [6.07, 6.45) is 4.78. The number of amides is 1. The van der Waals surface area contributed by atoms with Gasteiger partial charge in [-0.2, -0.15) is 0 Å². The zero-order valence-electron chi connectivity index (χ0n) is 11.8. The van der Waals surface area contributed by atoms with Crippen LogP contribution in [0.5, 0.6) is 0 Å². The highest BCUT2D eigenvalue weighted by atomic mass is 35.5. The van der Waals surface area contributed by atoms with E-state index in [0.717, 1.165) is 49.5 Å². The lowest BCUT2D eigenvalue weighted by atomic mass is 10.2. The van der Waals surface area contributed by atoms with Gasteiger partial charge in [-0.1, -0.05) is 26.7 Å². The number of carbonyl (C=O) groups excluding carboxylic acids is 1. The van der Waals surface area contributed by atoms with Crippen molar-refractivity contribution in [2.24, 2.45) is 0 Å². The van der Waals surface area contributed by atoms with Crippen LogP contribution in [0.1, 0.15) is 50.2 Å². The molecule has 0 aliphatic rings. The zero-order chi connectivity index (χ0) is 14.1. The van der Waals surface area contributed by atoms with Crippen molar-refractivity contribution in [3.05, 3.63) is 16.1 Å². The van der Waals surface area contributed by atoms with Crippen molar-refractivity contribution in [1.82, 2.24) is 9.88 Å². The van der Waals surface area contributed by atoms with Crippen LogP contribution in [-0.4, -0.2) is 28.9 Å². The highest BCUT2D eigenvalue weighted by molar-refractivity contribution is 7.09. The molecule has 1 amide bonds. The fourth-order valence-electron chi connectivity index (χ4n) is 1.79. The van der Waals surface area contributed by atoms with Crippen molar-refractivity contribution in [3.8, 4) is 0 Å². The van der Waals surface area contributed by atoms with E-state index in [1.165, 1.54) is 11.3 Å². The molecule has 0 saturated heterocycles. The van der Waals surface area contributed by atoms with Gasteiger partial charge in [-0.05, 0) is 12.8 Å². The molecule has 0 atom stereocenters. The second-order valence-corrected chi connectivity index (χ2v) is 5.84. The van der Waals surface area contributed by atoms with Crippen molar-refractivity contribution in [1.29, 1.82) is 0 Å². The quantitative estimate of drug-likeness (QED) is 0.649. The molecule has 0 aliphatic carbocycles. The van der Waals surface area contributed by atoms with Crippen molar-refractivity contribution in [2.75, 3.05) is 13.1 Å². The fraction of sp³-hybridized carbons (Fsp3) is 0.714. The standard InChI is InChI=1S/C14H23ClN2OS/c1-3-5-7-17(8-6-4-2)14(18)9-13-16-12(10-15)11-19-13/h11H,3-10H2,1-2H3. The zero-order valence-corrected chi connectivity index (χ0v) is 13.4. The van der Waals surface area contributed by atoms with Crippen molar-refractivity contribution >= 4 is 28.8 Å². The molecule has 0 radical (unpaired) electrons. The molecule has 0 N–H and O–H groups in total. The summed E-state index contributed by atoms with van der Waals surface area (Å²) in [5.41, 5.74) is 0.864. The summed E-state index contributed by atoms with van der Waals surface area (Å²) in [6.45, 7) is 6.03. The van der Waals surface area contributed by atoms with Gasteiger partial charge in [0.05, 0.1) is 18.0 Å². The summed E-state index contributed by atoms with van der Waals surface area (Å²) in [5, 5.41) is 2.80. The van der Waals surface area contributed by atoms with Crippen LogP contribution in [0.2, 0.25) is 0 Å². The van der Waals surface area contributed by atoms with Crippen LogP contribution in [0.15, 0.2) is 5.38 Å². The number of nitrogens with zero attached hydrogens (tertiary/aromatic N) is 2. The number of hydrogen-bond acceptors (Lipinski definition) is 3.